The lowest BCUT2D eigenvalue weighted by atomic mass is 10.1. The molecule has 19 heavy (non-hydrogen) atoms. The van der Waals surface area contributed by atoms with Crippen LogP contribution in [-0.4, -0.2) is 10.1 Å². The Balaban J connectivity index is 2.06. The molecule has 7 heteroatoms. The summed E-state index contributed by atoms with van der Waals surface area (Å²) in [7, 11) is 0. The summed E-state index contributed by atoms with van der Waals surface area (Å²) in [4.78, 5) is 4.01. The van der Waals surface area contributed by atoms with Gasteiger partial charge in [0.2, 0.25) is 5.82 Å². The number of furan rings is 1. The number of benzene rings is 1. The van der Waals surface area contributed by atoms with Crippen molar-refractivity contribution in [3.63, 3.8) is 0 Å². The van der Waals surface area contributed by atoms with Crippen LogP contribution in [0, 0.1) is 11.6 Å². The lowest BCUT2D eigenvalue weighted by Crippen LogP contribution is -1.94. The quantitative estimate of drug-likeness (QED) is 0.719. The molecule has 0 radical (unpaired) electrons. The largest absolute Gasteiger partial charge is 0.461 e. The van der Waals surface area contributed by atoms with Gasteiger partial charge in [0.25, 0.3) is 5.89 Å². The fraction of sp³-hybridized carbons (Fsp3) is 0. The van der Waals surface area contributed by atoms with Crippen molar-refractivity contribution in [3.8, 4) is 23.0 Å². The Morgan fingerprint density at radius 3 is 2.68 bits per heavy atom. The van der Waals surface area contributed by atoms with Crippen LogP contribution in [0.3, 0.4) is 0 Å². The molecule has 0 spiro atoms. The molecule has 2 aromatic heterocycles. The molecule has 0 saturated heterocycles. The van der Waals surface area contributed by atoms with Gasteiger partial charge in [-0.05, 0) is 18.2 Å². The fourth-order valence-electron chi connectivity index (χ4n) is 1.59. The summed E-state index contributed by atoms with van der Waals surface area (Å²) in [6.07, 6.45) is 1.46. The van der Waals surface area contributed by atoms with E-state index in [-0.39, 0.29) is 23.0 Å². The molecule has 3 rings (SSSR count). The van der Waals surface area contributed by atoms with Gasteiger partial charge in [0, 0.05) is 11.8 Å². The minimum Gasteiger partial charge on any atom is -0.461 e. The highest BCUT2D eigenvalue weighted by Gasteiger charge is 2.17. The second-order valence-corrected chi connectivity index (χ2v) is 3.75. The first kappa shape index (κ1) is 11.4. The van der Waals surface area contributed by atoms with Crippen molar-refractivity contribution in [2.75, 3.05) is 5.73 Å². The topological polar surface area (TPSA) is 78.1 Å². The van der Waals surface area contributed by atoms with Crippen LogP contribution in [-0.2, 0) is 0 Å². The van der Waals surface area contributed by atoms with Crippen molar-refractivity contribution in [1.29, 1.82) is 0 Å². The third kappa shape index (κ3) is 1.95. The van der Waals surface area contributed by atoms with Gasteiger partial charge in [0.1, 0.15) is 0 Å². The van der Waals surface area contributed by atoms with Crippen molar-refractivity contribution in [2.45, 2.75) is 0 Å². The number of halogens is 2. The number of anilines is 1. The third-order valence-electron chi connectivity index (χ3n) is 2.49. The normalized spacial score (nSPS) is 10.8. The van der Waals surface area contributed by atoms with E-state index in [1.54, 1.807) is 12.1 Å². The molecule has 0 saturated carbocycles. The Morgan fingerprint density at radius 2 is 1.95 bits per heavy atom. The van der Waals surface area contributed by atoms with Gasteiger partial charge in [0.15, 0.2) is 17.4 Å². The molecule has 0 bridgehead atoms. The van der Waals surface area contributed by atoms with E-state index in [0.717, 1.165) is 12.1 Å². The molecular formula is C12H7F2N3O2. The summed E-state index contributed by atoms with van der Waals surface area (Å²) in [6, 6.07) is 5.08. The predicted octanol–water partition coefficient (Wildman–Crippen LogP) is 2.86. The Kier molecular flexibility index (Phi) is 2.52. The maximum Gasteiger partial charge on any atom is 0.260 e. The number of hydrogen-bond acceptors (Lipinski definition) is 5. The molecule has 0 unspecified atom stereocenters. The summed E-state index contributed by atoms with van der Waals surface area (Å²) in [6.45, 7) is 0. The highest BCUT2D eigenvalue weighted by molar-refractivity contribution is 5.71. The van der Waals surface area contributed by atoms with E-state index in [2.05, 4.69) is 10.1 Å². The summed E-state index contributed by atoms with van der Waals surface area (Å²) >= 11 is 0. The molecule has 0 aliphatic carbocycles. The number of nitrogens with zero attached hydrogens (tertiary/aromatic N) is 2. The second-order valence-electron chi connectivity index (χ2n) is 3.75. The van der Waals surface area contributed by atoms with E-state index in [4.69, 9.17) is 14.7 Å². The maximum atomic E-state index is 13.2. The molecule has 0 aliphatic rings. The lowest BCUT2D eigenvalue weighted by molar-refractivity contribution is 0.429. The van der Waals surface area contributed by atoms with Crippen LogP contribution < -0.4 is 5.73 Å². The van der Waals surface area contributed by atoms with Gasteiger partial charge in [-0.1, -0.05) is 5.16 Å². The van der Waals surface area contributed by atoms with Crippen molar-refractivity contribution in [1.82, 2.24) is 10.1 Å². The van der Waals surface area contributed by atoms with E-state index < -0.39 is 11.6 Å². The minimum absolute atomic E-state index is 0.00791. The first-order valence-corrected chi connectivity index (χ1v) is 5.27. The Hall–Kier alpha value is -2.70. The van der Waals surface area contributed by atoms with E-state index in [1.165, 1.54) is 6.26 Å². The SMILES string of the molecule is Nc1cc(F)c(F)cc1-c1nc(-c2ccco2)no1. The van der Waals surface area contributed by atoms with Gasteiger partial charge in [-0.2, -0.15) is 4.98 Å². The predicted molar refractivity (Wildman–Crippen MR) is 61.8 cm³/mol. The molecular weight excluding hydrogens is 256 g/mol. The van der Waals surface area contributed by atoms with Crippen LogP contribution in [0.15, 0.2) is 39.5 Å². The van der Waals surface area contributed by atoms with Crippen LogP contribution >= 0.6 is 0 Å². The molecule has 0 fully saturated rings. The first-order chi connectivity index (χ1) is 9.15. The molecule has 5 nitrogen and oxygen atoms in total. The molecule has 1 aromatic carbocycles. The number of aromatic nitrogens is 2. The zero-order valence-electron chi connectivity index (χ0n) is 9.43. The van der Waals surface area contributed by atoms with Gasteiger partial charge in [-0.15, -0.1) is 0 Å². The monoisotopic (exact) mass is 263 g/mol. The number of nitrogens with two attached hydrogens (primary N) is 1. The van der Waals surface area contributed by atoms with Gasteiger partial charge in [-0.25, -0.2) is 8.78 Å². The molecule has 3 aromatic rings. The van der Waals surface area contributed by atoms with Crippen molar-refractivity contribution in [3.05, 3.63) is 42.2 Å². The molecule has 0 aliphatic heterocycles. The number of nitrogen functional groups attached to an aromatic ring is 1. The number of rotatable bonds is 2. The maximum absolute atomic E-state index is 13.2. The Morgan fingerprint density at radius 1 is 1.16 bits per heavy atom. The smallest absolute Gasteiger partial charge is 0.260 e. The van der Waals surface area contributed by atoms with E-state index >= 15 is 0 Å². The highest BCUT2D eigenvalue weighted by Crippen LogP contribution is 2.28. The molecule has 2 heterocycles. The zero-order chi connectivity index (χ0) is 13.4. The fourth-order valence-corrected chi connectivity index (χ4v) is 1.59. The molecule has 2 N–H and O–H groups in total. The van der Waals surface area contributed by atoms with Crippen LogP contribution in [0.5, 0.6) is 0 Å². The van der Waals surface area contributed by atoms with Crippen LogP contribution in [0.25, 0.3) is 23.0 Å². The van der Waals surface area contributed by atoms with Gasteiger partial charge >= 0.3 is 0 Å². The summed E-state index contributed by atoms with van der Waals surface area (Å²) in [5.74, 6) is -1.49. The van der Waals surface area contributed by atoms with E-state index in [1.807, 2.05) is 0 Å². The average Bonchev–Trinajstić information content (AvgIpc) is 3.03. The van der Waals surface area contributed by atoms with Crippen molar-refractivity contribution in [2.24, 2.45) is 0 Å². The first-order valence-electron chi connectivity index (χ1n) is 5.27. The van der Waals surface area contributed by atoms with E-state index in [0.29, 0.717) is 5.76 Å². The van der Waals surface area contributed by atoms with Crippen molar-refractivity contribution >= 4 is 5.69 Å². The average molecular weight is 263 g/mol. The van der Waals surface area contributed by atoms with Gasteiger partial charge in [0.05, 0.1) is 11.8 Å². The van der Waals surface area contributed by atoms with Crippen LogP contribution in [0.4, 0.5) is 14.5 Å². The molecule has 96 valence electrons. The second kappa shape index (κ2) is 4.20. The summed E-state index contributed by atoms with van der Waals surface area (Å²) in [5.41, 5.74) is 5.73. The van der Waals surface area contributed by atoms with Gasteiger partial charge < -0.3 is 14.7 Å². The molecule has 0 amide bonds. The summed E-state index contributed by atoms with van der Waals surface area (Å²) in [5, 5.41) is 3.68. The van der Waals surface area contributed by atoms with Crippen LogP contribution in [0.1, 0.15) is 0 Å². The Labute approximate surface area is 105 Å². The third-order valence-corrected chi connectivity index (χ3v) is 2.49. The minimum atomic E-state index is -1.04. The van der Waals surface area contributed by atoms with Crippen LogP contribution in [0.2, 0.25) is 0 Å². The molecule has 0 atom stereocenters. The highest BCUT2D eigenvalue weighted by atomic mass is 19.2. The van der Waals surface area contributed by atoms with Crippen molar-refractivity contribution < 1.29 is 17.7 Å². The van der Waals surface area contributed by atoms with Gasteiger partial charge in [-0.3, -0.25) is 0 Å². The lowest BCUT2D eigenvalue weighted by Gasteiger charge is -2.01. The Bertz CT molecular complexity index is 723. The zero-order valence-corrected chi connectivity index (χ0v) is 9.43. The van der Waals surface area contributed by atoms with E-state index in [9.17, 15) is 8.78 Å². The standard InChI is InChI=1S/C12H7F2N3O2/c13-7-4-6(9(15)5-8(7)14)12-16-11(17-19-12)10-2-1-3-18-10/h1-5H,15H2. The number of hydrogen-bond donors (Lipinski definition) is 1. The summed E-state index contributed by atoms with van der Waals surface area (Å²) < 4.78 is 36.2.